The molecule has 23 heavy (non-hydrogen) atoms. The summed E-state index contributed by atoms with van der Waals surface area (Å²) in [5.41, 5.74) is -0.641. The highest BCUT2D eigenvalue weighted by Crippen LogP contribution is 2.30. The van der Waals surface area contributed by atoms with Gasteiger partial charge in [0.1, 0.15) is 4.90 Å². The Hall–Kier alpha value is -2.55. The SMILES string of the molecule is N/N=C/c1ccccc1OS(=O)(=O)c1ccc(C(F)(F)F)cc1. The van der Waals surface area contributed by atoms with Crippen molar-refractivity contribution in [1.82, 2.24) is 0 Å². The summed E-state index contributed by atoms with van der Waals surface area (Å²) in [5, 5.41) is 3.28. The molecule has 122 valence electrons. The van der Waals surface area contributed by atoms with Crippen molar-refractivity contribution >= 4 is 16.3 Å². The predicted octanol–water partition coefficient (Wildman–Crippen LogP) is 2.77. The molecule has 5 nitrogen and oxygen atoms in total. The summed E-state index contributed by atoms with van der Waals surface area (Å²) in [7, 11) is -4.29. The Morgan fingerprint density at radius 2 is 1.65 bits per heavy atom. The summed E-state index contributed by atoms with van der Waals surface area (Å²) in [5.74, 6) is 4.98. The van der Waals surface area contributed by atoms with Gasteiger partial charge in [-0.1, -0.05) is 12.1 Å². The largest absolute Gasteiger partial charge is 0.416 e. The highest BCUT2D eigenvalue weighted by molar-refractivity contribution is 7.87. The molecule has 0 atom stereocenters. The number of para-hydroxylation sites is 1. The highest BCUT2D eigenvalue weighted by atomic mass is 32.2. The van der Waals surface area contributed by atoms with Gasteiger partial charge >= 0.3 is 16.3 Å². The fourth-order valence-corrected chi connectivity index (χ4v) is 2.67. The van der Waals surface area contributed by atoms with Crippen molar-refractivity contribution in [2.24, 2.45) is 10.9 Å². The van der Waals surface area contributed by atoms with Crippen molar-refractivity contribution in [1.29, 1.82) is 0 Å². The van der Waals surface area contributed by atoms with E-state index in [9.17, 15) is 21.6 Å². The van der Waals surface area contributed by atoms with E-state index in [0.717, 1.165) is 12.1 Å². The Morgan fingerprint density at radius 1 is 1.04 bits per heavy atom. The van der Waals surface area contributed by atoms with Crippen molar-refractivity contribution in [3.05, 3.63) is 59.7 Å². The molecule has 0 radical (unpaired) electrons. The molecule has 0 saturated carbocycles. The third-order valence-corrected chi connectivity index (χ3v) is 4.05. The second kappa shape index (κ2) is 6.29. The minimum Gasteiger partial charge on any atom is -0.378 e. The molecule has 0 saturated heterocycles. The lowest BCUT2D eigenvalue weighted by molar-refractivity contribution is -0.137. The van der Waals surface area contributed by atoms with Gasteiger partial charge in [0.2, 0.25) is 0 Å². The van der Waals surface area contributed by atoms with Crippen molar-refractivity contribution in [3.8, 4) is 5.75 Å². The van der Waals surface area contributed by atoms with Crippen LogP contribution in [-0.2, 0) is 16.3 Å². The van der Waals surface area contributed by atoms with Crippen molar-refractivity contribution in [2.45, 2.75) is 11.1 Å². The summed E-state index contributed by atoms with van der Waals surface area (Å²) in [6.45, 7) is 0. The number of nitrogens with two attached hydrogens (primary N) is 1. The van der Waals surface area contributed by atoms with Crippen molar-refractivity contribution < 1.29 is 25.8 Å². The van der Waals surface area contributed by atoms with Gasteiger partial charge in [-0.25, -0.2) is 0 Å². The molecule has 0 spiro atoms. The van der Waals surface area contributed by atoms with Gasteiger partial charge in [-0.3, -0.25) is 0 Å². The molecule has 2 aromatic rings. The fraction of sp³-hybridized carbons (Fsp3) is 0.0714. The maximum Gasteiger partial charge on any atom is 0.416 e. The zero-order valence-corrected chi connectivity index (χ0v) is 12.3. The summed E-state index contributed by atoms with van der Waals surface area (Å²) < 4.78 is 66.7. The normalized spacial score (nSPS) is 12.5. The molecule has 0 aromatic heterocycles. The number of hydrazone groups is 1. The quantitative estimate of drug-likeness (QED) is 0.400. The lowest BCUT2D eigenvalue weighted by atomic mass is 10.2. The maximum absolute atomic E-state index is 12.5. The summed E-state index contributed by atoms with van der Waals surface area (Å²) in [6.07, 6.45) is -3.36. The van der Waals surface area contributed by atoms with Crippen molar-refractivity contribution in [2.75, 3.05) is 0 Å². The first kappa shape index (κ1) is 16.8. The van der Waals surface area contributed by atoms with Gasteiger partial charge in [-0.2, -0.15) is 26.7 Å². The number of alkyl halides is 3. The number of halogens is 3. The van der Waals surface area contributed by atoms with Gasteiger partial charge < -0.3 is 10.0 Å². The van der Waals surface area contributed by atoms with Crippen LogP contribution in [0.4, 0.5) is 13.2 Å². The third-order valence-electron chi connectivity index (χ3n) is 2.80. The predicted molar refractivity (Wildman–Crippen MR) is 77.5 cm³/mol. The van der Waals surface area contributed by atoms with Gasteiger partial charge in [0.25, 0.3) is 0 Å². The molecular formula is C14H11F3N2O3S. The zero-order chi connectivity index (χ0) is 17.1. The molecular weight excluding hydrogens is 333 g/mol. The molecule has 0 amide bonds. The van der Waals surface area contributed by atoms with E-state index in [-0.39, 0.29) is 5.75 Å². The summed E-state index contributed by atoms with van der Waals surface area (Å²) in [4.78, 5) is -0.398. The number of rotatable bonds is 4. The highest BCUT2D eigenvalue weighted by Gasteiger charge is 2.31. The van der Waals surface area contributed by atoms with Crippen LogP contribution in [0.3, 0.4) is 0 Å². The van der Waals surface area contributed by atoms with Gasteiger partial charge in [-0.15, -0.1) is 0 Å². The van der Waals surface area contributed by atoms with E-state index >= 15 is 0 Å². The monoisotopic (exact) mass is 344 g/mol. The second-order valence-electron chi connectivity index (χ2n) is 4.38. The molecule has 2 rings (SSSR count). The molecule has 0 fully saturated rings. The van der Waals surface area contributed by atoms with E-state index < -0.39 is 26.8 Å². The van der Waals surface area contributed by atoms with Crippen LogP contribution in [0.25, 0.3) is 0 Å². The van der Waals surface area contributed by atoms with Crippen LogP contribution in [0.15, 0.2) is 58.5 Å². The first-order valence-electron chi connectivity index (χ1n) is 6.18. The first-order valence-corrected chi connectivity index (χ1v) is 7.59. The second-order valence-corrected chi connectivity index (χ2v) is 5.92. The maximum atomic E-state index is 12.5. The Bertz CT molecular complexity index is 816. The van der Waals surface area contributed by atoms with Crippen LogP contribution >= 0.6 is 0 Å². The van der Waals surface area contributed by atoms with E-state index in [0.29, 0.717) is 17.7 Å². The summed E-state index contributed by atoms with van der Waals surface area (Å²) >= 11 is 0. The number of benzene rings is 2. The smallest absolute Gasteiger partial charge is 0.378 e. The molecule has 0 heterocycles. The van der Waals surface area contributed by atoms with Crippen LogP contribution in [0.1, 0.15) is 11.1 Å². The van der Waals surface area contributed by atoms with Gasteiger partial charge in [0.05, 0.1) is 11.8 Å². The Balaban J connectivity index is 2.33. The third kappa shape index (κ3) is 4.01. The number of nitrogens with zero attached hydrogens (tertiary/aromatic N) is 1. The molecule has 2 N–H and O–H groups in total. The molecule has 0 aliphatic heterocycles. The van der Waals surface area contributed by atoms with Crippen molar-refractivity contribution in [3.63, 3.8) is 0 Å². The molecule has 9 heteroatoms. The van der Waals surface area contributed by atoms with Gasteiger partial charge in [0, 0.05) is 5.56 Å². The fourth-order valence-electron chi connectivity index (χ4n) is 1.72. The van der Waals surface area contributed by atoms with E-state index in [2.05, 4.69) is 5.10 Å². The van der Waals surface area contributed by atoms with E-state index in [4.69, 9.17) is 10.0 Å². The summed E-state index contributed by atoms with van der Waals surface area (Å²) in [6, 6.07) is 9.05. The van der Waals surface area contributed by atoms with E-state index in [1.807, 2.05) is 0 Å². The average Bonchev–Trinajstić information content (AvgIpc) is 2.48. The molecule has 0 bridgehead atoms. The molecule has 0 aliphatic carbocycles. The Morgan fingerprint density at radius 3 is 2.22 bits per heavy atom. The van der Waals surface area contributed by atoms with Crippen LogP contribution in [0.2, 0.25) is 0 Å². The number of hydrogen-bond donors (Lipinski definition) is 1. The Kier molecular flexibility index (Phi) is 4.60. The molecule has 0 aliphatic rings. The van der Waals surface area contributed by atoms with E-state index in [1.165, 1.54) is 24.4 Å². The molecule has 2 aromatic carbocycles. The minimum atomic E-state index is -4.55. The zero-order valence-electron chi connectivity index (χ0n) is 11.5. The minimum absolute atomic E-state index is 0.0402. The van der Waals surface area contributed by atoms with Crippen LogP contribution in [0, 0.1) is 0 Å². The standard InChI is InChI=1S/C14H11F3N2O3S/c15-14(16,17)11-5-7-12(8-6-11)23(20,21)22-13-4-2-1-3-10(13)9-19-18/h1-9H,18H2/b19-9+. The van der Waals surface area contributed by atoms with Gasteiger partial charge in [0.15, 0.2) is 5.75 Å². The lowest BCUT2D eigenvalue weighted by Gasteiger charge is -2.10. The van der Waals surface area contributed by atoms with Gasteiger partial charge in [-0.05, 0) is 36.4 Å². The van der Waals surface area contributed by atoms with Crippen LogP contribution < -0.4 is 10.0 Å². The Labute approximate surface area is 130 Å². The molecule has 0 unspecified atom stereocenters. The van der Waals surface area contributed by atoms with Crippen LogP contribution in [0.5, 0.6) is 5.75 Å². The topological polar surface area (TPSA) is 81.8 Å². The number of hydrogen-bond acceptors (Lipinski definition) is 5. The lowest BCUT2D eigenvalue weighted by Crippen LogP contribution is -2.12. The van der Waals surface area contributed by atoms with Crippen LogP contribution in [-0.4, -0.2) is 14.6 Å². The van der Waals surface area contributed by atoms with E-state index in [1.54, 1.807) is 6.07 Å². The average molecular weight is 344 g/mol. The first-order chi connectivity index (χ1) is 10.7.